The Kier molecular flexibility index (Phi) is 4.46. The lowest BCUT2D eigenvalue weighted by atomic mass is 9.81. The molecule has 1 aromatic carbocycles. The molecule has 0 aliphatic heterocycles. The first-order chi connectivity index (χ1) is 8.87. The second-order valence-electron chi connectivity index (χ2n) is 5.56. The lowest BCUT2D eigenvalue weighted by molar-refractivity contribution is -0.0619. The number of aliphatic hydroxyl groups excluding tert-OH is 1. The molecule has 19 heavy (non-hydrogen) atoms. The van der Waals surface area contributed by atoms with Gasteiger partial charge in [0.2, 0.25) is 5.92 Å². The van der Waals surface area contributed by atoms with Crippen LogP contribution in [-0.2, 0) is 6.42 Å². The highest BCUT2D eigenvalue weighted by Gasteiger charge is 2.37. The maximum absolute atomic E-state index is 13.1. The number of alkyl halides is 2. The molecule has 0 bridgehead atoms. The van der Waals surface area contributed by atoms with Crippen LogP contribution in [0, 0.1) is 12.8 Å². The molecule has 1 nitrogen and oxygen atoms in total. The van der Waals surface area contributed by atoms with Crippen LogP contribution in [0.4, 0.5) is 8.78 Å². The van der Waals surface area contributed by atoms with Crippen molar-refractivity contribution >= 4 is 11.6 Å². The van der Waals surface area contributed by atoms with Crippen molar-refractivity contribution in [2.24, 2.45) is 5.92 Å². The summed E-state index contributed by atoms with van der Waals surface area (Å²) in [5.74, 6) is -2.59. The summed E-state index contributed by atoms with van der Waals surface area (Å²) in [5, 5.41) is 10.8. The Morgan fingerprint density at radius 2 is 2.00 bits per heavy atom. The molecular formula is C15H19ClF2O. The number of rotatable bonds is 3. The van der Waals surface area contributed by atoms with Crippen LogP contribution in [0.15, 0.2) is 18.2 Å². The third kappa shape index (κ3) is 3.90. The summed E-state index contributed by atoms with van der Waals surface area (Å²) in [6.45, 7) is 1.95. The van der Waals surface area contributed by atoms with Gasteiger partial charge in [0.1, 0.15) is 0 Å². The van der Waals surface area contributed by atoms with Crippen molar-refractivity contribution in [3.8, 4) is 0 Å². The maximum atomic E-state index is 13.1. The van der Waals surface area contributed by atoms with Crippen molar-refractivity contribution in [2.75, 3.05) is 0 Å². The van der Waals surface area contributed by atoms with Crippen molar-refractivity contribution in [1.29, 1.82) is 0 Å². The predicted molar refractivity (Wildman–Crippen MR) is 72.8 cm³/mol. The van der Waals surface area contributed by atoms with Gasteiger partial charge in [0.05, 0.1) is 6.10 Å². The van der Waals surface area contributed by atoms with Crippen molar-refractivity contribution < 1.29 is 13.9 Å². The molecule has 0 amide bonds. The van der Waals surface area contributed by atoms with E-state index >= 15 is 0 Å². The van der Waals surface area contributed by atoms with Gasteiger partial charge in [-0.25, -0.2) is 8.78 Å². The molecule has 4 heteroatoms. The summed E-state index contributed by atoms with van der Waals surface area (Å²) in [4.78, 5) is 0. The fourth-order valence-corrected chi connectivity index (χ4v) is 2.97. The number of aliphatic hydroxyl groups is 1. The molecule has 0 aromatic heterocycles. The summed E-state index contributed by atoms with van der Waals surface area (Å²) in [6, 6.07) is 5.71. The highest BCUT2D eigenvalue weighted by molar-refractivity contribution is 6.31. The van der Waals surface area contributed by atoms with Crippen molar-refractivity contribution in [3.63, 3.8) is 0 Å². The third-order valence-electron chi connectivity index (χ3n) is 3.94. The Bertz CT molecular complexity index is 438. The van der Waals surface area contributed by atoms with Gasteiger partial charge in [-0.2, -0.15) is 0 Å². The number of hydrogen-bond donors (Lipinski definition) is 1. The van der Waals surface area contributed by atoms with Crippen LogP contribution in [0.25, 0.3) is 0 Å². The smallest absolute Gasteiger partial charge is 0.248 e. The minimum Gasteiger partial charge on any atom is -0.392 e. The van der Waals surface area contributed by atoms with E-state index in [0.717, 1.165) is 11.1 Å². The molecule has 1 aliphatic rings. The fourth-order valence-electron chi connectivity index (χ4n) is 2.66. The van der Waals surface area contributed by atoms with Gasteiger partial charge in [-0.05, 0) is 42.9 Å². The molecule has 1 N–H and O–H groups in total. The van der Waals surface area contributed by atoms with E-state index in [2.05, 4.69) is 0 Å². The zero-order valence-electron chi connectivity index (χ0n) is 11.0. The summed E-state index contributed by atoms with van der Waals surface area (Å²) < 4.78 is 26.1. The van der Waals surface area contributed by atoms with Gasteiger partial charge in [-0.3, -0.25) is 0 Å². The zero-order chi connectivity index (χ0) is 14.0. The standard InChI is InChI=1S/C15H19ClF2O/c1-10-2-3-12(13(16)8-10)9-14(19)11-4-6-15(17,18)7-5-11/h2-3,8,11,14,19H,4-7,9H2,1H3. The number of hydrogen-bond acceptors (Lipinski definition) is 1. The highest BCUT2D eigenvalue weighted by atomic mass is 35.5. The van der Waals surface area contributed by atoms with Gasteiger partial charge in [0.15, 0.2) is 0 Å². The van der Waals surface area contributed by atoms with Gasteiger partial charge in [0.25, 0.3) is 0 Å². The Hall–Kier alpha value is -0.670. The normalized spacial score (nSPS) is 21.3. The van der Waals surface area contributed by atoms with E-state index in [1.165, 1.54) is 0 Å². The largest absolute Gasteiger partial charge is 0.392 e. The molecule has 2 rings (SSSR count). The van der Waals surface area contributed by atoms with E-state index < -0.39 is 12.0 Å². The van der Waals surface area contributed by atoms with Crippen LogP contribution >= 0.6 is 11.6 Å². The average Bonchev–Trinajstić information content (AvgIpc) is 2.32. The second-order valence-corrected chi connectivity index (χ2v) is 5.97. The molecule has 1 aromatic rings. The van der Waals surface area contributed by atoms with Gasteiger partial charge < -0.3 is 5.11 Å². The van der Waals surface area contributed by atoms with Crippen LogP contribution in [0.2, 0.25) is 5.02 Å². The van der Waals surface area contributed by atoms with Crippen LogP contribution in [-0.4, -0.2) is 17.1 Å². The Labute approximate surface area is 117 Å². The minimum atomic E-state index is -2.54. The first kappa shape index (κ1) is 14.7. The quantitative estimate of drug-likeness (QED) is 0.875. The van der Waals surface area contributed by atoms with Gasteiger partial charge in [0, 0.05) is 24.3 Å². The molecule has 1 aliphatic carbocycles. The predicted octanol–water partition coefficient (Wildman–Crippen LogP) is 4.38. The highest BCUT2D eigenvalue weighted by Crippen LogP contribution is 2.38. The van der Waals surface area contributed by atoms with E-state index in [1.807, 2.05) is 25.1 Å². The number of benzene rings is 1. The Balaban J connectivity index is 1.96. The van der Waals surface area contributed by atoms with E-state index in [4.69, 9.17) is 11.6 Å². The summed E-state index contributed by atoms with van der Waals surface area (Å²) in [6.07, 6.45) is 0.397. The monoisotopic (exact) mass is 288 g/mol. The zero-order valence-corrected chi connectivity index (χ0v) is 11.8. The minimum absolute atomic E-state index is 0.0444. The number of halogens is 3. The van der Waals surface area contributed by atoms with Gasteiger partial charge in [-0.15, -0.1) is 0 Å². The lowest BCUT2D eigenvalue weighted by Crippen LogP contribution is -2.32. The van der Waals surface area contributed by atoms with Gasteiger partial charge >= 0.3 is 0 Å². The SMILES string of the molecule is Cc1ccc(CC(O)C2CCC(F)(F)CC2)c(Cl)c1. The van der Waals surface area contributed by atoms with Gasteiger partial charge in [-0.1, -0.05) is 23.7 Å². The molecule has 0 heterocycles. The van der Waals surface area contributed by atoms with E-state index in [0.29, 0.717) is 24.3 Å². The molecule has 0 radical (unpaired) electrons. The second kappa shape index (κ2) is 5.76. The van der Waals surface area contributed by atoms with Crippen molar-refractivity contribution in [1.82, 2.24) is 0 Å². The molecule has 1 saturated carbocycles. The fraction of sp³-hybridized carbons (Fsp3) is 0.600. The average molecular weight is 289 g/mol. The molecular weight excluding hydrogens is 270 g/mol. The molecule has 0 saturated heterocycles. The molecule has 1 atom stereocenters. The molecule has 0 spiro atoms. The van der Waals surface area contributed by atoms with E-state index in [1.54, 1.807) is 0 Å². The van der Waals surface area contributed by atoms with Crippen LogP contribution in [0.3, 0.4) is 0 Å². The Morgan fingerprint density at radius 1 is 1.37 bits per heavy atom. The lowest BCUT2D eigenvalue weighted by Gasteiger charge is -2.31. The first-order valence-electron chi connectivity index (χ1n) is 6.68. The molecule has 1 fully saturated rings. The van der Waals surface area contributed by atoms with Crippen LogP contribution in [0.1, 0.15) is 36.8 Å². The summed E-state index contributed by atoms with van der Waals surface area (Å²) in [5.41, 5.74) is 1.96. The number of aryl methyl sites for hydroxylation is 1. The topological polar surface area (TPSA) is 20.2 Å². The first-order valence-corrected chi connectivity index (χ1v) is 7.06. The summed E-state index contributed by atoms with van der Waals surface area (Å²) >= 11 is 6.13. The van der Waals surface area contributed by atoms with Crippen molar-refractivity contribution in [2.45, 2.75) is 51.1 Å². The van der Waals surface area contributed by atoms with Crippen molar-refractivity contribution in [3.05, 3.63) is 34.3 Å². The summed E-state index contributed by atoms with van der Waals surface area (Å²) in [7, 11) is 0. The Morgan fingerprint density at radius 3 is 2.58 bits per heavy atom. The van der Waals surface area contributed by atoms with Crippen LogP contribution < -0.4 is 0 Å². The van der Waals surface area contributed by atoms with E-state index in [9.17, 15) is 13.9 Å². The molecule has 1 unspecified atom stereocenters. The van der Waals surface area contributed by atoms with E-state index in [-0.39, 0.29) is 18.8 Å². The molecule has 106 valence electrons. The maximum Gasteiger partial charge on any atom is 0.248 e. The third-order valence-corrected chi connectivity index (χ3v) is 4.30. The van der Waals surface area contributed by atoms with Crippen LogP contribution in [0.5, 0.6) is 0 Å².